The Morgan fingerprint density at radius 2 is 1.67 bits per heavy atom. The van der Waals surface area contributed by atoms with Gasteiger partial charge in [0.2, 0.25) is 0 Å². The molecule has 10 heteroatoms. The van der Waals surface area contributed by atoms with E-state index in [4.69, 9.17) is 44.8 Å². The van der Waals surface area contributed by atoms with Gasteiger partial charge in [-0.25, -0.2) is 4.98 Å². The molecule has 1 amide bonds. The summed E-state index contributed by atoms with van der Waals surface area (Å²) in [6, 6.07) is 10.7. The Morgan fingerprint density at radius 1 is 0.861 bits per heavy atom. The highest BCUT2D eigenvalue weighted by Gasteiger charge is 2.26. The van der Waals surface area contributed by atoms with Gasteiger partial charge < -0.3 is 9.80 Å². The highest BCUT2D eigenvalue weighted by molar-refractivity contribution is 6.36. The second-order valence-electron chi connectivity index (χ2n) is 8.35. The predicted molar refractivity (Wildman–Crippen MR) is 143 cm³/mol. The lowest BCUT2D eigenvalue weighted by Crippen LogP contribution is -2.49. The fourth-order valence-electron chi connectivity index (χ4n) is 4.16. The number of aryl methyl sites for hydroxylation is 1. The number of hydrogen-bond donors (Lipinski definition) is 0. The lowest BCUT2D eigenvalue weighted by molar-refractivity contribution is 0.0740. The summed E-state index contributed by atoms with van der Waals surface area (Å²) in [5.74, 6) is 0.620. The third-order valence-corrected chi connectivity index (χ3v) is 6.94. The van der Waals surface area contributed by atoms with E-state index >= 15 is 0 Å². The van der Waals surface area contributed by atoms with Gasteiger partial charge in [0, 0.05) is 60.9 Å². The summed E-state index contributed by atoms with van der Waals surface area (Å²) >= 11 is 19.3. The van der Waals surface area contributed by atoms with Crippen molar-refractivity contribution in [2.24, 2.45) is 0 Å². The summed E-state index contributed by atoms with van der Waals surface area (Å²) in [7, 11) is 0. The van der Waals surface area contributed by atoms with Crippen molar-refractivity contribution in [3.8, 4) is 22.5 Å². The van der Waals surface area contributed by atoms with Crippen LogP contribution in [0.4, 0.5) is 5.82 Å². The Hall–Kier alpha value is -3.26. The first kappa shape index (κ1) is 24.4. The normalized spacial score (nSPS) is 13.7. The van der Waals surface area contributed by atoms with Gasteiger partial charge in [0.25, 0.3) is 5.91 Å². The van der Waals surface area contributed by atoms with Crippen LogP contribution in [0, 0.1) is 6.92 Å². The molecule has 1 aliphatic heterocycles. The molecule has 0 atom stereocenters. The zero-order valence-corrected chi connectivity index (χ0v) is 21.6. The Bertz CT molecular complexity index is 1440. The van der Waals surface area contributed by atoms with E-state index in [1.807, 2.05) is 24.0 Å². The molecule has 1 aliphatic rings. The van der Waals surface area contributed by atoms with Crippen LogP contribution in [0.3, 0.4) is 0 Å². The molecule has 0 bridgehead atoms. The van der Waals surface area contributed by atoms with Gasteiger partial charge in [-0.15, -0.1) is 0 Å². The number of nitrogens with zero attached hydrogens (tertiary/aromatic N) is 6. The molecule has 1 saturated heterocycles. The largest absolute Gasteiger partial charge is 0.352 e. The summed E-state index contributed by atoms with van der Waals surface area (Å²) in [5, 5.41) is 1.49. The first-order valence-electron chi connectivity index (χ1n) is 11.3. The average Bonchev–Trinajstić information content (AvgIpc) is 2.90. The van der Waals surface area contributed by atoms with Crippen molar-refractivity contribution >= 4 is 46.5 Å². The molecule has 182 valence electrons. The summed E-state index contributed by atoms with van der Waals surface area (Å²) in [6.07, 6.45) is 6.58. The molecule has 0 unspecified atom stereocenters. The van der Waals surface area contributed by atoms with Crippen LogP contribution in [-0.2, 0) is 0 Å². The molecular weight excluding hydrogens is 519 g/mol. The molecule has 3 aromatic heterocycles. The van der Waals surface area contributed by atoms with Gasteiger partial charge in [0.05, 0.1) is 21.9 Å². The zero-order valence-electron chi connectivity index (χ0n) is 19.3. The summed E-state index contributed by atoms with van der Waals surface area (Å²) < 4.78 is 0. The minimum Gasteiger partial charge on any atom is -0.352 e. The number of carbonyl (C=O) groups is 1. The number of hydrogen-bond acceptors (Lipinski definition) is 6. The number of pyridine rings is 2. The van der Waals surface area contributed by atoms with Crippen molar-refractivity contribution in [1.29, 1.82) is 0 Å². The van der Waals surface area contributed by atoms with Crippen LogP contribution in [0.25, 0.3) is 22.5 Å². The number of halogens is 3. The molecule has 1 aromatic carbocycles. The van der Waals surface area contributed by atoms with Gasteiger partial charge in [-0.05, 0) is 42.8 Å². The molecule has 4 heterocycles. The van der Waals surface area contributed by atoms with Gasteiger partial charge in [-0.1, -0.05) is 40.9 Å². The first-order valence-corrected chi connectivity index (χ1v) is 12.4. The van der Waals surface area contributed by atoms with Crippen LogP contribution in [0.15, 0.2) is 61.2 Å². The lowest BCUT2D eigenvalue weighted by atomic mass is 10.0. The maximum Gasteiger partial charge on any atom is 0.272 e. The van der Waals surface area contributed by atoms with Crippen LogP contribution in [0.1, 0.15) is 16.1 Å². The van der Waals surface area contributed by atoms with E-state index in [2.05, 4.69) is 14.9 Å². The van der Waals surface area contributed by atoms with E-state index in [-0.39, 0.29) is 5.91 Å². The molecule has 7 nitrogen and oxygen atoms in total. The number of amides is 1. The molecule has 0 spiro atoms. The number of anilines is 1. The Morgan fingerprint density at radius 3 is 2.42 bits per heavy atom. The quantitative estimate of drug-likeness (QED) is 0.325. The van der Waals surface area contributed by atoms with Crippen LogP contribution >= 0.6 is 34.8 Å². The van der Waals surface area contributed by atoms with Crippen molar-refractivity contribution in [3.63, 3.8) is 0 Å². The fourth-order valence-corrected chi connectivity index (χ4v) is 4.75. The van der Waals surface area contributed by atoms with Crippen molar-refractivity contribution in [1.82, 2.24) is 24.8 Å². The van der Waals surface area contributed by atoms with Crippen molar-refractivity contribution in [2.75, 3.05) is 31.1 Å². The van der Waals surface area contributed by atoms with Gasteiger partial charge in [-0.3, -0.25) is 19.7 Å². The standard InChI is InChI=1S/C26H21Cl3N6O/c1-16-3-2-7-31-23(16)26(36)35-11-9-34(10-12-35)22-15-32-24(19-13-17(27)4-5-20(19)28)25(33-22)18-6-8-30-14-21(18)29/h2-8,13-15H,9-12H2,1H3. The molecule has 4 aromatic rings. The summed E-state index contributed by atoms with van der Waals surface area (Å²) in [6.45, 7) is 4.19. The molecule has 36 heavy (non-hydrogen) atoms. The molecule has 0 saturated carbocycles. The fraction of sp³-hybridized carbons (Fsp3) is 0.192. The summed E-state index contributed by atoms with van der Waals surface area (Å²) in [4.78, 5) is 34.9. The van der Waals surface area contributed by atoms with E-state index in [0.717, 1.165) is 5.56 Å². The van der Waals surface area contributed by atoms with Gasteiger partial charge in [-0.2, -0.15) is 0 Å². The average molecular weight is 540 g/mol. The second-order valence-corrected chi connectivity index (χ2v) is 9.60. The zero-order chi connectivity index (χ0) is 25.2. The number of rotatable bonds is 4. The Balaban J connectivity index is 1.46. The Labute approximate surface area is 223 Å². The van der Waals surface area contributed by atoms with Crippen LogP contribution in [0.5, 0.6) is 0 Å². The number of aromatic nitrogens is 4. The van der Waals surface area contributed by atoms with Crippen molar-refractivity contribution in [3.05, 3.63) is 87.5 Å². The van der Waals surface area contributed by atoms with E-state index in [9.17, 15) is 4.79 Å². The monoisotopic (exact) mass is 538 g/mol. The van der Waals surface area contributed by atoms with Gasteiger partial charge in [0.15, 0.2) is 0 Å². The third-order valence-electron chi connectivity index (χ3n) is 6.07. The molecule has 1 fully saturated rings. The molecule has 0 N–H and O–H groups in total. The SMILES string of the molecule is Cc1cccnc1C(=O)N1CCN(c2cnc(-c3cc(Cl)ccc3Cl)c(-c3ccncc3Cl)n2)CC1. The second kappa shape index (κ2) is 10.4. The molecular formula is C26H21Cl3N6O. The van der Waals surface area contributed by atoms with Crippen LogP contribution < -0.4 is 4.90 Å². The minimum absolute atomic E-state index is 0.0611. The molecule has 0 aliphatic carbocycles. The van der Waals surface area contributed by atoms with Gasteiger partial charge >= 0.3 is 0 Å². The van der Waals surface area contributed by atoms with Gasteiger partial charge in [0.1, 0.15) is 17.2 Å². The maximum atomic E-state index is 13.0. The van der Waals surface area contributed by atoms with E-state index < -0.39 is 0 Å². The topological polar surface area (TPSA) is 75.1 Å². The lowest BCUT2D eigenvalue weighted by Gasteiger charge is -2.35. The highest BCUT2D eigenvalue weighted by atomic mass is 35.5. The Kier molecular flexibility index (Phi) is 7.05. The van der Waals surface area contributed by atoms with Crippen LogP contribution in [-0.4, -0.2) is 56.9 Å². The first-order chi connectivity index (χ1) is 17.4. The molecule has 0 radical (unpaired) electrons. The highest BCUT2D eigenvalue weighted by Crippen LogP contribution is 2.38. The number of carbonyl (C=O) groups excluding carboxylic acids is 1. The van der Waals surface area contributed by atoms with Crippen molar-refractivity contribution in [2.45, 2.75) is 6.92 Å². The number of piperazine rings is 1. The number of benzene rings is 1. The van der Waals surface area contributed by atoms with E-state index in [1.54, 1.807) is 49.1 Å². The smallest absolute Gasteiger partial charge is 0.272 e. The minimum atomic E-state index is -0.0611. The van der Waals surface area contributed by atoms with E-state index in [1.165, 1.54) is 0 Å². The summed E-state index contributed by atoms with van der Waals surface area (Å²) in [5.41, 5.74) is 3.84. The maximum absolute atomic E-state index is 13.0. The van der Waals surface area contributed by atoms with Crippen LogP contribution in [0.2, 0.25) is 15.1 Å². The van der Waals surface area contributed by atoms with E-state index in [0.29, 0.717) is 75.3 Å². The van der Waals surface area contributed by atoms with Crippen molar-refractivity contribution < 1.29 is 4.79 Å². The predicted octanol–water partition coefficient (Wildman–Crippen LogP) is 5.83. The molecule has 5 rings (SSSR count). The third kappa shape index (κ3) is 4.87.